The molecule has 0 spiro atoms. The Labute approximate surface area is 153 Å². The van der Waals surface area contributed by atoms with E-state index in [0.29, 0.717) is 5.25 Å². The molecule has 4 aromatic rings. The van der Waals surface area contributed by atoms with Gasteiger partial charge < -0.3 is 4.57 Å². The lowest BCUT2D eigenvalue weighted by molar-refractivity contribution is 0.830. The number of para-hydroxylation sites is 1. The molecular weight excluding hydrogens is 322 g/mol. The van der Waals surface area contributed by atoms with Gasteiger partial charge in [-0.05, 0) is 24.1 Å². The van der Waals surface area contributed by atoms with Gasteiger partial charge in [0.05, 0.1) is 0 Å². The van der Waals surface area contributed by atoms with Gasteiger partial charge >= 0.3 is 0 Å². The number of aromatic nitrogens is 1. The first-order valence-electron chi connectivity index (χ1n) is 8.64. The Morgan fingerprint density at radius 1 is 0.800 bits per heavy atom. The molecule has 0 N–H and O–H groups in total. The zero-order chi connectivity index (χ0) is 17.1. The Kier molecular flexibility index (Phi) is 4.62. The van der Waals surface area contributed by atoms with Crippen LogP contribution in [0.4, 0.5) is 0 Å². The minimum atomic E-state index is 0.428. The van der Waals surface area contributed by atoms with Crippen LogP contribution < -0.4 is 0 Å². The highest BCUT2D eigenvalue weighted by molar-refractivity contribution is 7.99. The van der Waals surface area contributed by atoms with Gasteiger partial charge in [0.1, 0.15) is 0 Å². The van der Waals surface area contributed by atoms with Crippen LogP contribution >= 0.6 is 11.8 Å². The number of fused-ring (bicyclic) bond motifs is 1. The van der Waals surface area contributed by atoms with Crippen LogP contribution in [0.1, 0.15) is 23.3 Å². The maximum atomic E-state index is 2.37. The Bertz CT molecular complexity index is 957. The molecule has 0 saturated heterocycles. The van der Waals surface area contributed by atoms with E-state index in [-0.39, 0.29) is 0 Å². The van der Waals surface area contributed by atoms with E-state index >= 15 is 0 Å². The quantitative estimate of drug-likeness (QED) is 0.372. The third-order valence-corrected chi connectivity index (χ3v) is 5.73. The maximum absolute atomic E-state index is 2.37. The van der Waals surface area contributed by atoms with E-state index in [1.165, 1.54) is 26.9 Å². The molecule has 3 aromatic carbocycles. The smallest absolute Gasteiger partial charge is 0.0495 e. The zero-order valence-electron chi connectivity index (χ0n) is 14.3. The second-order valence-electron chi connectivity index (χ2n) is 6.29. The summed E-state index contributed by atoms with van der Waals surface area (Å²) >= 11 is 1.94. The summed E-state index contributed by atoms with van der Waals surface area (Å²) in [5.41, 5.74) is 4.00. The van der Waals surface area contributed by atoms with Gasteiger partial charge in [-0.25, -0.2) is 0 Å². The van der Waals surface area contributed by atoms with E-state index in [1.807, 2.05) is 11.8 Å². The van der Waals surface area contributed by atoms with Gasteiger partial charge in [0.15, 0.2) is 0 Å². The van der Waals surface area contributed by atoms with Crippen molar-refractivity contribution < 1.29 is 0 Å². The van der Waals surface area contributed by atoms with Gasteiger partial charge in [-0.2, -0.15) is 0 Å². The lowest BCUT2D eigenvalue weighted by atomic mass is 10.2. The first-order chi connectivity index (χ1) is 12.3. The lowest BCUT2D eigenvalue weighted by Crippen LogP contribution is -1.97. The molecule has 0 fully saturated rings. The normalized spacial score (nSPS) is 12.4. The van der Waals surface area contributed by atoms with Gasteiger partial charge in [-0.1, -0.05) is 78.9 Å². The fourth-order valence-electron chi connectivity index (χ4n) is 3.20. The summed E-state index contributed by atoms with van der Waals surface area (Å²) in [7, 11) is 0. The number of nitrogens with zero attached hydrogens (tertiary/aromatic N) is 1. The zero-order valence-corrected chi connectivity index (χ0v) is 15.1. The summed E-state index contributed by atoms with van der Waals surface area (Å²) in [5, 5.41) is 1.77. The molecule has 1 nitrogen and oxygen atoms in total. The number of benzene rings is 3. The minimum absolute atomic E-state index is 0.428. The monoisotopic (exact) mass is 343 g/mol. The molecule has 0 aliphatic heterocycles. The molecule has 0 bridgehead atoms. The second-order valence-corrected chi connectivity index (χ2v) is 7.68. The average molecular weight is 343 g/mol. The summed E-state index contributed by atoms with van der Waals surface area (Å²) in [6.45, 7) is 3.19. The average Bonchev–Trinajstić information content (AvgIpc) is 3.01. The van der Waals surface area contributed by atoms with Crippen molar-refractivity contribution >= 4 is 22.7 Å². The molecule has 4 rings (SSSR count). The van der Waals surface area contributed by atoms with Crippen LogP contribution in [-0.4, -0.2) is 4.57 Å². The first kappa shape index (κ1) is 16.0. The molecule has 0 saturated carbocycles. The van der Waals surface area contributed by atoms with E-state index in [2.05, 4.69) is 103 Å². The van der Waals surface area contributed by atoms with Gasteiger partial charge in [0.25, 0.3) is 0 Å². The van der Waals surface area contributed by atoms with Gasteiger partial charge in [-0.3, -0.25) is 0 Å². The van der Waals surface area contributed by atoms with Crippen molar-refractivity contribution in [1.29, 1.82) is 0 Å². The van der Waals surface area contributed by atoms with Gasteiger partial charge in [-0.15, -0.1) is 11.8 Å². The second kappa shape index (κ2) is 7.20. The summed E-state index contributed by atoms with van der Waals surface area (Å²) in [4.78, 5) is 1.35. The molecule has 0 radical (unpaired) electrons. The third-order valence-electron chi connectivity index (χ3n) is 4.52. The van der Waals surface area contributed by atoms with Crippen LogP contribution in [0, 0.1) is 0 Å². The molecule has 0 aliphatic rings. The number of hydrogen-bond acceptors (Lipinski definition) is 1. The van der Waals surface area contributed by atoms with Crippen LogP contribution in [-0.2, 0) is 6.54 Å². The predicted molar refractivity (Wildman–Crippen MR) is 108 cm³/mol. The molecule has 1 heterocycles. The van der Waals surface area contributed by atoms with Gasteiger partial charge in [0, 0.05) is 33.8 Å². The van der Waals surface area contributed by atoms with E-state index in [9.17, 15) is 0 Å². The summed E-state index contributed by atoms with van der Waals surface area (Å²) in [5.74, 6) is 0. The molecule has 1 aromatic heterocycles. The number of hydrogen-bond donors (Lipinski definition) is 0. The van der Waals surface area contributed by atoms with Crippen molar-refractivity contribution in [3.8, 4) is 0 Å². The van der Waals surface area contributed by atoms with Crippen LogP contribution in [0.15, 0.2) is 96.0 Å². The summed E-state index contributed by atoms with van der Waals surface area (Å²) in [6.07, 6.45) is 2.31. The molecule has 1 unspecified atom stereocenters. The Hall–Kier alpha value is -2.45. The minimum Gasteiger partial charge on any atom is -0.342 e. The standard InChI is InChI=1S/C23H21NS/c1-18(20-12-6-3-7-13-20)25-23-17-24(16-19-10-4-2-5-11-19)22-15-9-8-14-21(22)23/h2-15,17-18H,16H2,1H3. The van der Waals surface area contributed by atoms with E-state index in [1.54, 1.807) is 0 Å². The summed E-state index contributed by atoms with van der Waals surface area (Å²) < 4.78 is 2.37. The van der Waals surface area contributed by atoms with Crippen LogP contribution in [0.25, 0.3) is 10.9 Å². The van der Waals surface area contributed by atoms with Crippen molar-refractivity contribution in [2.75, 3.05) is 0 Å². The van der Waals surface area contributed by atoms with Crippen LogP contribution in [0.3, 0.4) is 0 Å². The largest absolute Gasteiger partial charge is 0.342 e. The predicted octanol–water partition coefficient (Wildman–Crippen LogP) is 6.54. The van der Waals surface area contributed by atoms with Gasteiger partial charge in [0.2, 0.25) is 0 Å². The highest BCUT2D eigenvalue weighted by atomic mass is 32.2. The number of thioether (sulfide) groups is 1. The summed E-state index contributed by atoms with van der Waals surface area (Å²) in [6, 6.07) is 30.1. The fraction of sp³-hybridized carbons (Fsp3) is 0.130. The lowest BCUT2D eigenvalue weighted by Gasteiger charge is -2.10. The Morgan fingerprint density at radius 3 is 2.20 bits per heavy atom. The van der Waals surface area contributed by atoms with Crippen molar-refractivity contribution in [3.05, 3.63) is 102 Å². The SMILES string of the molecule is CC(Sc1cn(Cc2ccccc2)c2ccccc12)c1ccccc1. The van der Waals surface area contributed by atoms with E-state index in [4.69, 9.17) is 0 Å². The van der Waals surface area contributed by atoms with E-state index < -0.39 is 0 Å². The Balaban J connectivity index is 1.67. The molecule has 0 amide bonds. The topological polar surface area (TPSA) is 4.93 Å². The highest BCUT2D eigenvalue weighted by Gasteiger charge is 2.13. The highest BCUT2D eigenvalue weighted by Crippen LogP contribution is 2.39. The number of rotatable bonds is 5. The molecule has 124 valence electrons. The molecule has 2 heteroatoms. The maximum Gasteiger partial charge on any atom is 0.0495 e. The molecule has 25 heavy (non-hydrogen) atoms. The third kappa shape index (κ3) is 3.49. The van der Waals surface area contributed by atoms with E-state index in [0.717, 1.165) is 6.54 Å². The molecule has 0 aliphatic carbocycles. The van der Waals surface area contributed by atoms with Crippen molar-refractivity contribution in [3.63, 3.8) is 0 Å². The molecular formula is C23H21NS. The first-order valence-corrected chi connectivity index (χ1v) is 9.52. The Morgan fingerprint density at radius 2 is 1.44 bits per heavy atom. The fourth-order valence-corrected chi connectivity index (χ4v) is 4.36. The van der Waals surface area contributed by atoms with Crippen molar-refractivity contribution in [2.24, 2.45) is 0 Å². The van der Waals surface area contributed by atoms with Crippen molar-refractivity contribution in [2.45, 2.75) is 23.6 Å². The van der Waals surface area contributed by atoms with Crippen LogP contribution in [0.2, 0.25) is 0 Å². The van der Waals surface area contributed by atoms with Crippen molar-refractivity contribution in [1.82, 2.24) is 4.57 Å². The van der Waals surface area contributed by atoms with Crippen LogP contribution in [0.5, 0.6) is 0 Å². The molecule has 1 atom stereocenters.